The Morgan fingerprint density at radius 2 is 1.45 bits per heavy atom. The van der Waals surface area contributed by atoms with Crippen molar-refractivity contribution in [1.82, 2.24) is 0 Å². The number of amides is 4. The van der Waals surface area contributed by atoms with Crippen molar-refractivity contribution in [3.63, 3.8) is 0 Å². The summed E-state index contributed by atoms with van der Waals surface area (Å²) < 4.78 is 0. The Morgan fingerprint density at radius 1 is 0.784 bits per heavy atom. The molecule has 2 heterocycles. The highest BCUT2D eigenvalue weighted by Gasteiger charge is 2.70. The fourth-order valence-electron chi connectivity index (χ4n) is 9.31. The number of anilines is 2. The summed E-state index contributed by atoms with van der Waals surface area (Å²) in [6.45, 7) is 3.57. The van der Waals surface area contributed by atoms with Crippen molar-refractivity contribution in [2.75, 3.05) is 9.80 Å². The van der Waals surface area contributed by atoms with E-state index in [-0.39, 0.29) is 29.8 Å². The number of halogens is 1. The Bertz CT molecular complexity index is 2210. The second kappa shape index (κ2) is 11.8. The van der Waals surface area contributed by atoms with Crippen LogP contribution in [0.5, 0.6) is 5.75 Å². The van der Waals surface area contributed by atoms with E-state index in [0.29, 0.717) is 33.0 Å². The normalized spacial score (nSPS) is 26.9. The number of carbonyl (C=O) groups is 5. The lowest BCUT2D eigenvalue weighted by molar-refractivity contribution is -0.127. The molecule has 2 aliphatic heterocycles. The maximum atomic E-state index is 15.4. The summed E-state index contributed by atoms with van der Waals surface area (Å²) in [6.07, 6.45) is 2.31. The van der Waals surface area contributed by atoms with Gasteiger partial charge in [-0.05, 0) is 91.3 Å². The number of carboxylic acids is 1. The van der Waals surface area contributed by atoms with E-state index in [1.54, 1.807) is 44.2 Å². The number of rotatable bonds is 5. The first-order valence-corrected chi connectivity index (χ1v) is 17.2. The van der Waals surface area contributed by atoms with Crippen LogP contribution in [0.1, 0.15) is 51.4 Å². The number of allylic oxidation sites excluding steroid dienone is 2. The van der Waals surface area contributed by atoms with E-state index in [1.165, 1.54) is 23.1 Å². The predicted molar refractivity (Wildman–Crippen MR) is 190 cm³/mol. The molecule has 2 N–H and O–H groups in total. The largest absolute Gasteiger partial charge is 0.507 e. The first kappa shape index (κ1) is 32.7. The third-order valence-corrected chi connectivity index (χ3v) is 11.6. The van der Waals surface area contributed by atoms with Crippen LogP contribution in [0.3, 0.4) is 0 Å². The summed E-state index contributed by atoms with van der Waals surface area (Å²) in [7, 11) is 0. The highest BCUT2D eigenvalue weighted by Crippen LogP contribution is 2.64. The highest BCUT2D eigenvalue weighted by molar-refractivity contribution is 6.32. The van der Waals surface area contributed by atoms with Gasteiger partial charge in [0.2, 0.25) is 23.6 Å². The van der Waals surface area contributed by atoms with Gasteiger partial charge >= 0.3 is 5.97 Å². The number of imide groups is 2. The van der Waals surface area contributed by atoms with E-state index in [2.05, 4.69) is 0 Å². The third-order valence-electron chi connectivity index (χ3n) is 11.4. The number of aromatic hydroxyl groups is 1. The maximum absolute atomic E-state index is 15.4. The summed E-state index contributed by atoms with van der Waals surface area (Å²) in [4.78, 5) is 72.9. The zero-order valence-corrected chi connectivity index (χ0v) is 28.5. The Hall–Kier alpha value is -5.54. The fraction of sp³-hybridized carbons (Fsp3) is 0.244. The molecule has 4 aliphatic rings. The number of phenolic OH excluding ortho intramolecular Hbond substituents is 1. The van der Waals surface area contributed by atoms with Crippen molar-refractivity contribution in [3.05, 3.63) is 135 Å². The highest BCUT2D eigenvalue weighted by atomic mass is 35.5. The summed E-state index contributed by atoms with van der Waals surface area (Å²) in [5.74, 6) is -6.62. The molecule has 9 nitrogen and oxygen atoms in total. The Morgan fingerprint density at radius 3 is 2.12 bits per heavy atom. The number of nitrogens with zero attached hydrogens (tertiary/aromatic N) is 2. The van der Waals surface area contributed by atoms with Gasteiger partial charge in [0.25, 0.3) is 0 Å². The van der Waals surface area contributed by atoms with E-state index in [0.717, 1.165) is 10.5 Å². The molecule has 2 saturated heterocycles. The van der Waals surface area contributed by atoms with Crippen molar-refractivity contribution < 1.29 is 34.2 Å². The van der Waals surface area contributed by atoms with Crippen LogP contribution in [0.15, 0.2) is 103 Å². The molecular weight excluding hydrogens is 668 g/mol. The molecule has 1 saturated carbocycles. The van der Waals surface area contributed by atoms with Crippen LogP contribution in [0.2, 0.25) is 5.02 Å². The van der Waals surface area contributed by atoms with Crippen LogP contribution < -0.4 is 9.80 Å². The minimum atomic E-state index is -1.44. The predicted octanol–water partition coefficient (Wildman–Crippen LogP) is 6.73. The molecule has 256 valence electrons. The summed E-state index contributed by atoms with van der Waals surface area (Å²) in [5.41, 5.74) is 2.37. The lowest BCUT2D eigenvalue weighted by atomic mass is 9.49. The molecule has 0 spiro atoms. The van der Waals surface area contributed by atoms with Crippen molar-refractivity contribution in [1.29, 1.82) is 0 Å². The van der Waals surface area contributed by atoms with Crippen LogP contribution in [-0.2, 0) is 24.6 Å². The van der Waals surface area contributed by atoms with E-state index in [4.69, 9.17) is 11.6 Å². The van der Waals surface area contributed by atoms with Gasteiger partial charge in [-0.25, -0.2) is 9.69 Å². The number of carboxylic acid groups (broad SMARTS) is 1. The van der Waals surface area contributed by atoms with Crippen molar-refractivity contribution in [2.45, 2.75) is 38.0 Å². The first-order valence-electron chi connectivity index (χ1n) is 16.9. The lowest BCUT2D eigenvalue weighted by Gasteiger charge is -2.51. The van der Waals surface area contributed by atoms with Gasteiger partial charge in [0.15, 0.2) is 0 Å². The topological polar surface area (TPSA) is 132 Å². The van der Waals surface area contributed by atoms with Gasteiger partial charge < -0.3 is 10.2 Å². The van der Waals surface area contributed by atoms with Gasteiger partial charge in [-0.1, -0.05) is 77.8 Å². The molecule has 2 aliphatic carbocycles. The van der Waals surface area contributed by atoms with E-state index in [9.17, 15) is 29.4 Å². The molecule has 6 atom stereocenters. The molecule has 8 rings (SSSR count). The molecule has 0 bridgehead atoms. The molecular formula is C41H33ClN2O7. The average Bonchev–Trinajstić information content (AvgIpc) is 3.51. The minimum Gasteiger partial charge on any atom is -0.507 e. The third kappa shape index (κ3) is 4.64. The number of aromatic carboxylic acids is 1. The monoisotopic (exact) mass is 700 g/mol. The second-order valence-corrected chi connectivity index (χ2v) is 14.4. The summed E-state index contributed by atoms with van der Waals surface area (Å²) >= 11 is 6.39. The SMILES string of the molecule is Cc1cc([C@H]2C3=CC[C@@H]4C(=O)N(c5cccc(C(=O)O)c5)C(=O)[C@@H]4[C@@H]3C[C@H]3C(=O)N(c4cccc(Cl)c4)C(=O)[C@@]23c2ccccc2)cc(C)c1O. The summed E-state index contributed by atoms with van der Waals surface area (Å²) in [5, 5.41) is 20.8. The molecule has 0 aromatic heterocycles. The van der Waals surface area contributed by atoms with E-state index < -0.39 is 64.6 Å². The van der Waals surface area contributed by atoms with Crippen LogP contribution in [0, 0.1) is 37.5 Å². The first-order chi connectivity index (χ1) is 24.4. The molecule has 4 aromatic rings. The number of carbonyl (C=O) groups excluding carboxylic acids is 4. The van der Waals surface area contributed by atoms with Crippen LogP contribution in [-0.4, -0.2) is 39.8 Å². The van der Waals surface area contributed by atoms with Crippen LogP contribution in [0.4, 0.5) is 11.4 Å². The number of benzene rings is 4. The average molecular weight is 701 g/mol. The zero-order chi connectivity index (χ0) is 35.9. The van der Waals surface area contributed by atoms with Crippen LogP contribution >= 0.6 is 11.6 Å². The summed E-state index contributed by atoms with van der Waals surface area (Å²) in [6, 6.07) is 25.3. The quantitative estimate of drug-likeness (QED) is 0.174. The van der Waals surface area contributed by atoms with Crippen molar-refractivity contribution in [2.24, 2.45) is 23.7 Å². The van der Waals surface area contributed by atoms with Crippen molar-refractivity contribution >= 4 is 52.6 Å². The molecule has 3 fully saturated rings. The molecule has 0 radical (unpaired) electrons. The smallest absolute Gasteiger partial charge is 0.335 e. The second-order valence-electron chi connectivity index (χ2n) is 14.0. The molecule has 4 amide bonds. The minimum absolute atomic E-state index is 0.0543. The molecule has 10 heteroatoms. The van der Waals surface area contributed by atoms with E-state index in [1.807, 2.05) is 48.5 Å². The molecule has 51 heavy (non-hydrogen) atoms. The number of phenols is 1. The maximum Gasteiger partial charge on any atom is 0.335 e. The van der Waals surface area contributed by atoms with Crippen molar-refractivity contribution in [3.8, 4) is 5.75 Å². The molecule has 0 unspecified atom stereocenters. The zero-order valence-electron chi connectivity index (χ0n) is 27.7. The van der Waals surface area contributed by atoms with Gasteiger partial charge in [0, 0.05) is 10.9 Å². The number of fused-ring (bicyclic) bond motifs is 4. The standard InChI is InChI=1S/C41H33ClN2O7/c1-21-16-24(17-22(2)35(21)45)34-29-14-15-30-33(38(48)43(36(30)46)27-12-6-8-23(18-27)39(49)50)31(29)20-32-37(47)44(28-13-7-11-26(42)19-28)40(51)41(32,34)25-9-4-3-5-10-25/h3-14,16-19,30-34,45H,15,20H2,1-2H3,(H,49,50)/t30-,31+,32-,33-,34-,41+/m0/s1. The number of aryl methyl sites for hydroxylation is 2. The van der Waals surface area contributed by atoms with E-state index >= 15 is 4.79 Å². The molecule has 4 aromatic carbocycles. The Labute approximate surface area is 298 Å². The Kier molecular flexibility index (Phi) is 7.54. The van der Waals surface area contributed by atoms with Crippen LogP contribution in [0.25, 0.3) is 0 Å². The number of hydrogen-bond donors (Lipinski definition) is 2. The Balaban J connectivity index is 1.35. The van der Waals surface area contributed by atoms with Gasteiger partial charge in [-0.15, -0.1) is 0 Å². The van der Waals surface area contributed by atoms with Gasteiger partial charge in [-0.3, -0.25) is 24.1 Å². The lowest BCUT2D eigenvalue weighted by Crippen LogP contribution is -2.53. The van der Waals surface area contributed by atoms with Gasteiger partial charge in [0.05, 0.1) is 40.1 Å². The van der Waals surface area contributed by atoms with Gasteiger partial charge in [0.1, 0.15) is 5.75 Å². The van der Waals surface area contributed by atoms with Gasteiger partial charge in [-0.2, -0.15) is 0 Å². The fourth-order valence-corrected chi connectivity index (χ4v) is 9.49. The number of hydrogen-bond acceptors (Lipinski definition) is 6.